The number of nitrogens with one attached hydrogen (secondary N) is 1. The lowest BCUT2D eigenvalue weighted by Gasteiger charge is -2.16. The molecule has 3 heterocycles. The minimum Gasteiger partial charge on any atom is -0.424 e. The molecule has 12 nitrogen and oxygen atoms in total. The predicted molar refractivity (Wildman–Crippen MR) is 112 cm³/mol. The van der Waals surface area contributed by atoms with E-state index in [-0.39, 0.29) is 42.6 Å². The fraction of sp³-hybridized carbons (Fsp3) is 0.429. The smallest absolute Gasteiger partial charge is 0.424 e. The second kappa shape index (κ2) is 9.47. The molecule has 1 N–H and O–H groups in total. The summed E-state index contributed by atoms with van der Waals surface area (Å²) < 4.78 is 52.7. The van der Waals surface area contributed by atoms with Gasteiger partial charge in [0.1, 0.15) is 5.75 Å². The van der Waals surface area contributed by atoms with Crippen LogP contribution in [0, 0.1) is 0 Å². The van der Waals surface area contributed by atoms with Gasteiger partial charge in [0.15, 0.2) is 0 Å². The van der Waals surface area contributed by atoms with Crippen molar-refractivity contribution in [3.63, 3.8) is 0 Å². The summed E-state index contributed by atoms with van der Waals surface area (Å²) in [4.78, 5) is 27.5. The summed E-state index contributed by atoms with van der Waals surface area (Å²) in [5.74, 6) is -1.35. The van der Waals surface area contributed by atoms with E-state index in [9.17, 15) is 22.8 Å². The Hall–Kier alpha value is -4.17. The number of hydrogen-bond acceptors (Lipinski definition) is 9. The van der Waals surface area contributed by atoms with Crippen LogP contribution >= 0.6 is 0 Å². The first-order chi connectivity index (χ1) is 17.2. The highest BCUT2D eigenvalue weighted by Crippen LogP contribution is 2.45. The molecule has 5 rings (SSSR count). The van der Waals surface area contributed by atoms with E-state index < -0.39 is 24.1 Å². The Morgan fingerprint density at radius 1 is 1.14 bits per heavy atom. The number of ether oxygens (including phenoxy) is 2. The molecule has 2 aliphatic rings. The lowest BCUT2D eigenvalue weighted by Crippen LogP contribution is -2.38. The Morgan fingerprint density at radius 3 is 2.64 bits per heavy atom. The van der Waals surface area contributed by atoms with Crippen LogP contribution in [0.5, 0.6) is 5.75 Å². The first kappa shape index (κ1) is 23.6. The monoisotopic (exact) mass is 507 g/mol. The van der Waals surface area contributed by atoms with Gasteiger partial charge < -0.3 is 24.1 Å². The summed E-state index contributed by atoms with van der Waals surface area (Å²) in [6.07, 6.45) is -0.270. The summed E-state index contributed by atoms with van der Waals surface area (Å²) in [6.45, 7) is 0.436. The van der Waals surface area contributed by atoms with Crippen LogP contribution in [-0.4, -0.2) is 67.6 Å². The largest absolute Gasteiger partial charge is 0.573 e. The van der Waals surface area contributed by atoms with E-state index in [1.165, 1.54) is 40.3 Å². The molecule has 2 fully saturated rings. The third-order valence-corrected chi connectivity index (χ3v) is 5.68. The van der Waals surface area contributed by atoms with Crippen LogP contribution in [0.1, 0.15) is 41.4 Å². The number of benzene rings is 1. The number of nitrogens with zero attached hydrogens (tertiary/aromatic N) is 6. The van der Waals surface area contributed by atoms with Gasteiger partial charge in [0, 0.05) is 24.7 Å². The van der Waals surface area contributed by atoms with Gasteiger partial charge in [0.2, 0.25) is 12.6 Å². The third kappa shape index (κ3) is 5.55. The minimum atomic E-state index is -4.85. The first-order valence-electron chi connectivity index (χ1n) is 11.1. The molecule has 0 spiro atoms. The molecule has 0 radical (unpaired) electrons. The maximum Gasteiger partial charge on any atom is 0.573 e. The second-order valence-electron chi connectivity index (χ2n) is 8.33. The highest BCUT2D eigenvalue weighted by molar-refractivity contribution is 5.90. The van der Waals surface area contributed by atoms with Crippen LogP contribution in [0.25, 0.3) is 11.5 Å². The second-order valence-corrected chi connectivity index (χ2v) is 8.33. The van der Waals surface area contributed by atoms with Crippen LogP contribution in [0.2, 0.25) is 0 Å². The first-order valence-corrected chi connectivity index (χ1v) is 11.1. The molecule has 1 atom stereocenters. The van der Waals surface area contributed by atoms with E-state index in [0.717, 1.165) is 18.4 Å². The number of aromatic nitrogens is 5. The fourth-order valence-corrected chi connectivity index (χ4v) is 3.90. The van der Waals surface area contributed by atoms with Crippen molar-refractivity contribution in [3.05, 3.63) is 42.0 Å². The lowest BCUT2D eigenvalue weighted by molar-refractivity contribution is -0.274. The quantitative estimate of drug-likeness (QED) is 0.512. The molecule has 36 heavy (non-hydrogen) atoms. The molecule has 190 valence electrons. The van der Waals surface area contributed by atoms with Crippen molar-refractivity contribution in [2.24, 2.45) is 0 Å². The van der Waals surface area contributed by atoms with E-state index in [1.54, 1.807) is 0 Å². The zero-order valence-electron chi connectivity index (χ0n) is 18.6. The average molecular weight is 507 g/mol. The summed E-state index contributed by atoms with van der Waals surface area (Å²) in [5.41, 5.74) is 1.03. The summed E-state index contributed by atoms with van der Waals surface area (Å²) in [6, 6.07) is 3.56. The van der Waals surface area contributed by atoms with Crippen molar-refractivity contribution in [2.45, 2.75) is 44.3 Å². The van der Waals surface area contributed by atoms with Crippen molar-refractivity contribution in [1.29, 1.82) is 0 Å². The number of likely N-dealkylation sites (tertiary alicyclic amines) is 1. The Morgan fingerprint density at radius 2 is 1.92 bits per heavy atom. The van der Waals surface area contributed by atoms with Crippen LogP contribution < -0.4 is 10.1 Å². The molecule has 1 saturated heterocycles. The molecule has 1 aliphatic heterocycles. The molecular weight excluding hydrogens is 487 g/mol. The molecule has 15 heteroatoms. The molecular formula is C21H20F3N7O5. The number of alkyl halides is 3. The minimum absolute atomic E-state index is 0.0847. The van der Waals surface area contributed by atoms with Gasteiger partial charge in [-0.2, -0.15) is 10.2 Å². The predicted octanol–water partition coefficient (Wildman–Crippen LogP) is 2.70. The van der Waals surface area contributed by atoms with E-state index >= 15 is 0 Å². The van der Waals surface area contributed by atoms with E-state index in [0.29, 0.717) is 13.0 Å². The van der Waals surface area contributed by atoms with Crippen molar-refractivity contribution in [3.8, 4) is 17.2 Å². The van der Waals surface area contributed by atoms with Gasteiger partial charge in [0.25, 0.3) is 0 Å². The molecule has 1 saturated carbocycles. The molecule has 2 aromatic heterocycles. The van der Waals surface area contributed by atoms with Crippen molar-refractivity contribution < 1.29 is 36.7 Å². The molecule has 1 unspecified atom stereocenters. The molecule has 3 aromatic rings. The lowest BCUT2D eigenvalue weighted by atomic mass is 10.0. The van der Waals surface area contributed by atoms with Crippen LogP contribution in [-0.2, 0) is 11.5 Å². The summed E-state index contributed by atoms with van der Waals surface area (Å²) >= 11 is 0. The number of hydrogen-bond donors (Lipinski definition) is 1. The van der Waals surface area contributed by atoms with Gasteiger partial charge in [-0.15, -0.1) is 28.2 Å². The maximum absolute atomic E-state index is 12.7. The van der Waals surface area contributed by atoms with E-state index in [4.69, 9.17) is 9.15 Å². The number of carbonyl (C=O) groups excluding carboxylic acids is 2. The van der Waals surface area contributed by atoms with Crippen LogP contribution in [0.3, 0.4) is 0 Å². The molecule has 2 amide bonds. The highest BCUT2D eigenvalue weighted by atomic mass is 19.4. The Labute approximate surface area is 201 Å². The summed E-state index contributed by atoms with van der Waals surface area (Å²) in [7, 11) is 0. The zero-order chi connectivity index (χ0) is 25.3. The van der Waals surface area contributed by atoms with Gasteiger partial charge in [-0.3, -0.25) is 4.79 Å². The molecule has 1 aromatic carbocycles. The highest BCUT2D eigenvalue weighted by Gasteiger charge is 2.34. The Balaban J connectivity index is 1.21. The van der Waals surface area contributed by atoms with E-state index in [2.05, 4.69) is 30.4 Å². The van der Waals surface area contributed by atoms with Gasteiger partial charge in [-0.25, -0.2) is 4.79 Å². The SMILES string of the molecule is O=C(NC1CCN(C(=O)OCn2nccn2)C1)c1nnc(-c2cc(OC(F)(F)F)ccc2C2CC2)o1. The fourth-order valence-electron chi connectivity index (χ4n) is 3.90. The van der Waals surface area contributed by atoms with Crippen molar-refractivity contribution >= 4 is 12.0 Å². The Bertz CT molecular complexity index is 1240. The van der Waals surface area contributed by atoms with Gasteiger partial charge in [-0.1, -0.05) is 6.07 Å². The average Bonchev–Trinajstić information content (AvgIpc) is 3.23. The number of carbonyl (C=O) groups is 2. The third-order valence-electron chi connectivity index (χ3n) is 5.68. The van der Waals surface area contributed by atoms with Gasteiger partial charge in [-0.05, 0) is 42.9 Å². The number of halogens is 3. The maximum atomic E-state index is 12.7. The number of amides is 2. The zero-order valence-corrected chi connectivity index (χ0v) is 18.6. The Kier molecular flexibility index (Phi) is 6.20. The van der Waals surface area contributed by atoms with Gasteiger partial charge in [0.05, 0.1) is 12.4 Å². The van der Waals surface area contributed by atoms with Crippen LogP contribution in [0.15, 0.2) is 35.0 Å². The topological polar surface area (TPSA) is 138 Å². The van der Waals surface area contributed by atoms with Crippen molar-refractivity contribution in [1.82, 2.24) is 35.4 Å². The van der Waals surface area contributed by atoms with E-state index in [1.807, 2.05) is 0 Å². The summed E-state index contributed by atoms with van der Waals surface area (Å²) in [5, 5.41) is 18.0. The standard InChI is InChI=1S/C21H20F3N7O5/c22-21(23,24)36-14-3-4-15(12-1-2-12)16(9-14)18-28-29-19(35-18)17(32)27-13-5-8-30(10-13)20(33)34-11-31-25-6-7-26-31/h3-4,6-7,9,12-13H,1-2,5,8,10-11H2,(H,27,32). The van der Waals surface area contributed by atoms with Crippen molar-refractivity contribution in [2.75, 3.05) is 13.1 Å². The van der Waals surface area contributed by atoms with Gasteiger partial charge >= 0.3 is 24.3 Å². The molecule has 0 bridgehead atoms. The normalized spacial score (nSPS) is 17.8. The molecule has 1 aliphatic carbocycles. The van der Waals surface area contributed by atoms with Crippen LogP contribution in [0.4, 0.5) is 18.0 Å². The number of rotatable bonds is 7.